The summed E-state index contributed by atoms with van der Waals surface area (Å²) in [5.41, 5.74) is -6.78. The quantitative estimate of drug-likeness (QED) is 0.867. The van der Waals surface area contributed by atoms with Gasteiger partial charge in [-0.3, -0.25) is 0 Å². The molecule has 1 N–H and O–H groups in total. The van der Waals surface area contributed by atoms with Crippen molar-refractivity contribution in [1.29, 1.82) is 0 Å². The van der Waals surface area contributed by atoms with Crippen molar-refractivity contribution < 1.29 is 34.8 Å². The van der Waals surface area contributed by atoms with Crippen LogP contribution in [0.3, 0.4) is 0 Å². The van der Waals surface area contributed by atoms with Crippen LogP contribution < -0.4 is 4.72 Å². The van der Waals surface area contributed by atoms with Crippen LogP contribution in [-0.2, 0) is 22.6 Å². The van der Waals surface area contributed by atoms with Crippen molar-refractivity contribution in [2.45, 2.75) is 18.1 Å². The van der Waals surface area contributed by atoms with Crippen LogP contribution in [0.4, 0.5) is 26.3 Å². The lowest BCUT2D eigenvalue weighted by Gasteiger charge is -2.13. The Morgan fingerprint density at radius 1 is 1.00 bits per heavy atom. The second-order valence-electron chi connectivity index (χ2n) is 3.75. The van der Waals surface area contributed by atoms with E-state index in [1.165, 1.54) is 10.8 Å². The van der Waals surface area contributed by atoms with E-state index in [1.54, 1.807) is 0 Å². The number of benzene rings is 1. The highest BCUT2D eigenvalue weighted by Gasteiger charge is 2.45. The van der Waals surface area contributed by atoms with E-state index < -0.39 is 40.2 Å². The van der Waals surface area contributed by atoms with Crippen LogP contribution in [0, 0.1) is 0 Å². The fourth-order valence-corrected chi connectivity index (χ4v) is 1.95. The number of halogens is 6. The molecule has 0 bridgehead atoms. The summed E-state index contributed by atoms with van der Waals surface area (Å²) in [5.74, 6) is 0. The molecule has 0 saturated heterocycles. The summed E-state index contributed by atoms with van der Waals surface area (Å²) >= 11 is 0. The van der Waals surface area contributed by atoms with Crippen molar-refractivity contribution >= 4 is 10.0 Å². The molecule has 0 aliphatic carbocycles. The molecule has 1 aromatic rings. The van der Waals surface area contributed by atoms with Gasteiger partial charge in [-0.05, 0) is 18.1 Å². The van der Waals surface area contributed by atoms with E-state index in [2.05, 4.69) is 0 Å². The third-order valence-electron chi connectivity index (χ3n) is 2.31. The molecule has 0 spiro atoms. The maximum Gasteiger partial charge on any atom is 0.511 e. The SMILES string of the molecule is O=S(=O)(NCCc1ccccc1C(F)(F)F)C(F)(F)F. The third-order valence-corrected chi connectivity index (χ3v) is 3.51. The molecule has 10 heteroatoms. The summed E-state index contributed by atoms with van der Waals surface area (Å²) in [6.45, 7) is -0.783. The van der Waals surface area contributed by atoms with Gasteiger partial charge in [0.2, 0.25) is 0 Å². The number of sulfonamides is 1. The fourth-order valence-electron chi connectivity index (χ4n) is 1.42. The molecule has 0 amide bonds. The van der Waals surface area contributed by atoms with Crippen LogP contribution in [0.1, 0.15) is 11.1 Å². The first kappa shape index (κ1) is 16.8. The molecule has 0 saturated carbocycles. The standard InChI is InChI=1S/C10H9F6NO2S/c11-9(12,13)8-4-2-1-3-7(8)5-6-17-20(18,19)10(14,15)16/h1-4,17H,5-6H2. The zero-order valence-corrected chi connectivity index (χ0v) is 10.5. The molecule has 0 atom stereocenters. The Bertz CT molecular complexity index is 564. The van der Waals surface area contributed by atoms with E-state index in [9.17, 15) is 34.8 Å². The van der Waals surface area contributed by atoms with Gasteiger partial charge in [-0.2, -0.15) is 26.3 Å². The lowest BCUT2D eigenvalue weighted by molar-refractivity contribution is -0.138. The summed E-state index contributed by atoms with van der Waals surface area (Å²) in [4.78, 5) is 0. The molecule has 0 aliphatic rings. The van der Waals surface area contributed by atoms with Crippen LogP contribution in [0.5, 0.6) is 0 Å². The Hall–Kier alpha value is -1.29. The first-order valence-electron chi connectivity index (χ1n) is 5.16. The van der Waals surface area contributed by atoms with Crippen LogP contribution in [-0.4, -0.2) is 20.5 Å². The van der Waals surface area contributed by atoms with Gasteiger partial charge in [-0.25, -0.2) is 13.1 Å². The van der Waals surface area contributed by atoms with Gasteiger partial charge in [-0.1, -0.05) is 18.2 Å². The molecule has 1 aromatic carbocycles. The molecule has 20 heavy (non-hydrogen) atoms. The van der Waals surface area contributed by atoms with Gasteiger partial charge in [0, 0.05) is 6.54 Å². The maximum atomic E-state index is 12.6. The second-order valence-corrected chi connectivity index (χ2v) is 5.51. The van der Waals surface area contributed by atoms with Gasteiger partial charge in [0.25, 0.3) is 0 Å². The Kier molecular flexibility index (Phi) is 4.70. The largest absolute Gasteiger partial charge is 0.511 e. The lowest BCUT2D eigenvalue weighted by Crippen LogP contribution is -2.37. The normalized spacial score (nSPS) is 13.5. The predicted octanol–water partition coefficient (Wildman–Crippen LogP) is 2.69. The van der Waals surface area contributed by atoms with Gasteiger partial charge in [0.05, 0.1) is 5.56 Å². The molecule has 114 valence electrons. The third kappa shape index (κ3) is 4.10. The van der Waals surface area contributed by atoms with Crippen molar-refractivity contribution in [3.63, 3.8) is 0 Å². The molecular weight excluding hydrogens is 312 g/mol. The monoisotopic (exact) mass is 321 g/mol. The highest BCUT2D eigenvalue weighted by Crippen LogP contribution is 2.32. The second kappa shape index (κ2) is 5.60. The highest BCUT2D eigenvalue weighted by molar-refractivity contribution is 7.90. The smallest absolute Gasteiger partial charge is 0.207 e. The summed E-state index contributed by atoms with van der Waals surface area (Å²) in [5, 5.41) is 0. The van der Waals surface area contributed by atoms with Crippen LogP contribution in [0.25, 0.3) is 0 Å². The van der Waals surface area contributed by atoms with Gasteiger partial charge in [-0.15, -0.1) is 0 Å². The van der Waals surface area contributed by atoms with Gasteiger partial charge >= 0.3 is 21.7 Å². The number of rotatable bonds is 4. The van der Waals surface area contributed by atoms with Crippen LogP contribution in [0.15, 0.2) is 24.3 Å². The molecular formula is C10H9F6NO2S. The summed E-state index contributed by atoms with van der Waals surface area (Å²) in [6, 6.07) is 4.26. The Morgan fingerprint density at radius 2 is 1.55 bits per heavy atom. The Morgan fingerprint density at radius 3 is 2.05 bits per heavy atom. The molecule has 3 nitrogen and oxygen atoms in total. The number of alkyl halides is 6. The molecule has 0 fully saturated rings. The average Bonchev–Trinajstić information content (AvgIpc) is 2.26. The van der Waals surface area contributed by atoms with E-state index in [0.29, 0.717) is 0 Å². The number of hydrogen-bond acceptors (Lipinski definition) is 2. The first-order valence-corrected chi connectivity index (χ1v) is 6.64. The zero-order valence-electron chi connectivity index (χ0n) is 9.72. The molecule has 0 radical (unpaired) electrons. The van der Waals surface area contributed by atoms with Gasteiger partial charge in [0.1, 0.15) is 0 Å². The Labute approximate surface area is 110 Å². The number of hydrogen-bond donors (Lipinski definition) is 1. The van der Waals surface area contributed by atoms with E-state index >= 15 is 0 Å². The van der Waals surface area contributed by atoms with E-state index in [1.807, 2.05) is 0 Å². The van der Waals surface area contributed by atoms with Crippen molar-refractivity contribution in [3.05, 3.63) is 35.4 Å². The van der Waals surface area contributed by atoms with Crippen molar-refractivity contribution in [2.24, 2.45) is 0 Å². The van der Waals surface area contributed by atoms with Crippen molar-refractivity contribution in [1.82, 2.24) is 4.72 Å². The predicted molar refractivity (Wildman–Crippen MR) is 58.1 cm³/mol. The summed E-state index contributed by atoms with van der Waals surface area (Å²) in [6.07, 6.45) is -5.16. The van der Waals surface area contributed by atoms with Gasteiger partial charge in [0.15, 0.2) is 0 Å². The lowest BCUT2D eigenvalue weighted by atomic mass is 10.0. The first-order chi connectivity index (χ1) is 8.95. The highest BCUT2D eigenvalue weighted by atomic mass is 32.2. The van der Waals surface area contributed by atoms with Crippen LogP contribution >= 0.6 is 0 Å². The summed E-state index contributed by atoms with van der Waals surface area (Å²) in [7, 11) is -5.55. The number of nitrogens with one attached hydrogen (secondary N) is 1. The topological polar surface area (TPSA) is 46.2 Å². The minimum atomic E-state index is -5.55. The van der Waals surface area contributed by atoms with Crippen LogP contribution in [0.2, 0.25) is 0 Å². The van der Waals surface area contributed by atoms with E-state index in [4.69, 9.17) is 0 Å². The molecule has 1 rings (SSSR count). The molecule has 0 aliphatic heterocycles. The summed E-state index contributed by atoms with van der Waals surface area (Å²) < 4.78 is 96.3. The van der Waals surface area contributed by atoms with Crippen molar-refractivity contribution in [3.8, 4) is 0 Å². The zero-order chi connectivity index (χ0) is 15.6. The van der Waals surface area contributed by atoms with E-state index in [0.717, 1.165) is 18.2 Å². The Balaban J connectivity index is 2.78. The maximum absolute atomic E-state index is 12.6. The minimum absolute atomic E-state index is 0.287. The molecule has 0 unspecified atom stereocenters. The fraction of sp³-hybridized carbons (Fsp3) is 0.400. The minimum Gasteiger partial charge on any atom is -0.207 e. The average molecular weight is 321 g/mol. The molecule has 0 heterocycles. The van der Waals surface area contributed by atoms with Crippen molar-refractivity contribution in [2.75, 3.05) is 6.54 Å². The van der Waals surface area contributed by atoms with Gasteiger partial charge < -0.3 is 0 Å². The van der Waals surface area contributed by atoms with E-state index in [-0.39, 0.29) is 5.56 Å². The molecule has 0 aromatic heterocycles.